The van der Waals surface area contributed by atoms with Crippen LogP contribution in [0.4, 0.5) is 11.4 Å². The molecule has 30 heavy (non-hydrogen) atoms. The average Bonchev–Trinajstić information content (AvgIpc) is 2.96. The van der Waals surface area contributed by atoms with Gasteiger partial charge >= 0.3 is 0 Å². The van der Waals surface area contributed by atoms with Crippen molar-refractivity contribution in [1.29, 1.82) is 0 Å². The van der Waals surface area contributed by atoms with Gasteiger partial charge in [0.1, 0.15) is 0 Å². The Labute approximate surface area is 176 Å². The highest BCUT2D eigenvalue weighted by Crippen LogP contribution is 2.21. The third-order valence-electron chi connectivity index (χ3n) is 5.64. The Hall–Kier alpha value is -3.28. The number of anilines is 2. The van der Waals surface area contributed by atoms with Crippen LogP contribution >= 0.6 is 0 Å². The average molecular weight is 405 g/mol. The maximum absolute atomic E-state index is 12.5. The summed E-state index contributed by atoms with van der Waals surface area (Å²) in [5, 5.41) is 7.30. The molecule has 0 bridgehead atoms. The van der Waals surface area contributed by atoms with Gasteiger partial charge in [0.15, 0.2) is 0 Å². The summed E-state index contributed by atoms with van der Waals surface area (Å²) in [4.78, 5) is 29.2. The number of aromatic amines is 1. The molecule has 2 aromatic carbocycles. The van der Waals surface area contributed by atoms with E-state index in [1.54, 1.807) is 0 Å². The number of aromatic nitrogens is 1. The summed E-state index contributed by atoms with van der Waals surface area (Å²) in [6, 6.07) is 16.3. The summed E-state index contributed by atoms with van der Waals surface area (Å²) in [7, 11) is 0. The van der Waals surface area contributed by atoms with E-state index < -0.39 is 0 Å². The Bertz CT molecular complexity index is 1100. The van der Waals surface area contributed by atoms with Gasteiger partial charge in [-0.2, -0.15) is 0 Å². The lowest BCUT2D eigenvalue weighted by Gasteiger charge is -2.22. The molecule has 1 aromatic heterocycles. The largest absolute Gasteiger partial charge is 0.381 e. The van der Waals surface area contributed by atoms with E-state index in [2.05, 4.69) is 58.6 Å². The van der Waals surface area contributed by atoms with E-state index in [-0.39, 0.29) is 11.5 Å². The first-order valence-electron chi connectivity index (χ1n) is 10.5. The van der Waals surface area contributed by atoms with Crippen LogP contribution in [0, 0.1) is 0 Å². The first kappa shape index (κ1) is 20.0. The van der Waals surface area contributed by atoms with Gasteiger partial charge in [0, 0.05) is 55.1 Å². The Kier molecular flexibility index (Phi) is 5.74. The molecule has 3 N–H and O–H groups in total. The number of amides is 1. The van der Waals surface area contributed by atoms with Crippen molar-refractivity contribution in [2.45, 2.75) is 32.7 Å². The van der Waals surface area contributed by atoms with Crippen molar-refractivity contribution in [3.8, 4) is 0 Å². The van der Waals surface area contributed by atoms with Crippen molar-refractivity contribution < 1.29 is 4.79 Å². The van der Waals surface area contributed by atoms with Gasteiger partial charge in [-0.05, 0) is 59.3 Å². The van der Waals surface area contributed by atoms with Gasteiger partial charge in [-0.15, -0.1) is 0 Å². The molecule has 1 saturated heterocycles. The zero-order valence-corrected chi connectivity index (χ0v) is 17.5. The van der Waals surface area contributed by atoms with E-state index in [1.165, 1.54) is 5.56 Å². The lowest BCUT2D eigenvalue weighted by atomic mass is 10.0. The first-order chi connectivity index (χ1) is 14.5. The number of hydrogen-bond donors (Lipinski definition) is 3. The number of fused-ring (bicyclic) bond motifs is 1. The SMILES string of the molecule is CC(C)c1ccc2[nH]c(=O)c(CNc3ccc(N4CCNC(=O)CC4)cc3)cc2c1. The molecule has 6 nitrogen and oxygen atoms in total. The van der Waals surface area contributed by atoms with Crippen molar-refractivity contribution in [2.75, 3.05) is 29.9 Å². The molecule has 3 aromatic rings. The molecule has 0 unspecified atom stereocenters. The molecule has 4 rings (SSSR count). The fourth-order valence-electron chi connectivity index (χ4n) is 3.77. The van der Waals surface area contributed by atoms with Gasteiger partial charge in [-0.3, -0.25) is 9.59 Å². The second-order valence-corrected chi connectivity index (χ2v) is 8.11. The van der Waals surface area contributed by atoms with E-state index >= 15 is 0 Å². The molecule has 0 saturated carbocycles. The van der Waals surface area contributed by atoms with Crippen molar-refractivity contribution in [1.82, 2.24) is 10.3 Å². The fraction of sp³-hybridized carbons (Fsp3) is 0.333. The van der Waals surface area contributed by atoms with Gasteiger partial charge in [0.25, 0.3) is 5.56 Å². The molecular weight excluding hydrogens is 376 g/mol. The van der Waals surface area contributed by atoms with E-state index in [9.17, 15) is 9.59 Å². The van der Waals surface area contributed by atoms with Gasteiger partial charge < -0.3 is 20.5 Å². The highest BCUT2D eigenvalue weighted by Gasteiger charge is 2.13. The Morgan fingerprint density at radius 3 is 2.60 bits per heavy atom. The third-order valence-corrected chi connectivity index (χ3v) is 5.64. The summed E-state index contributed by atoms with van der Waals surface area (Å²) in [5.41, 5.74) is 4.83. The van der Waals surface area contributed by atoms with E-state index in [0.29, 0.717) is 31.0 Å². The highest BCUT2D eigenvalue weighted by molar-refractivity contribution is 5.80. The quantitative estimate of drug-likeness (QED) is 0.607. The number of hydrogen-bond acceptors (Lipinski definition) is 4. The number of rotatable bonds is 5. The Morgan fingerprint density at radius 1 is 1.03 bits per heavy atom. The molecule has 0 radical (unpaired) electrons. The lowest BCUT2D eigenvalue weighted by Crippen LogP contribution is -2.28. The molecule has 0 atom stereocenters. The molecule has 1 aliphatic heterocycles. The van der Waals surface area contributed by atoms with Crippen LogP contribution in [0.5, 0.6) is 0 Å². The Morgan fingerprint density at radius 2 is 1.83 bits per heavy atom. The van der Waals surface area contributed by atoms with Gasteiger partial charge in [0.2, 0.25) is 5.91 Å². The number of pyridine rings is 1. The van der Waals surface area contributed by atoms with Crippen LogP contribution in [0.2, 0.25) is 0 Å². The zero-order valence-electron chi connectivity index (χ0n) is 17.5. The van der Waals surface area contributed by atoms with Crippen LogP contribution in [0.3, 0.4) is 0 Å². The minimum Gasteiger partial charge on any atom is -0.381 e. The van der Waals surface area contributed by atoms with Crippen LogP contribution in [0.15, 0.2) is 53.3 Å². The standard InChI is InChI=1S/C24H28N4O2/c1-16(2)17-3-8-22-18(13-17)14-19(24(30)27-22)15-26-20-4-6-21(7-5-20)28-11-9-23(29)25-10-12-28/h3-8,13-14,16,26H,9-12,15H2,1-2H3,(H,25,29)(H,27,30). The van der Waals surface area contributed by atoms with Crippen LogP contribution in [-0.2, 0) is 11.3 Å². The molecule has 1 fully saturated rings. The second-order valence-electron chi connectivity index (χ2n) is 8.11. The van der Waals surface area contributed by atoms with Crippen molar-refractivity contribution in [3.63, 3.8) is 0 Å². The summed E-state index contributed by atoms with van der Waals surface area (Å²) in [5.74, 6) is 0.552. The maximum atomic E-state index is 12.5. The summed E-state index contributed by atoms with van der Waals surface area (Å²) in [6.45, 7) is 6.99. The van der Waals surface area contributed by atoms with Gasteiger partial charge in [-0.1, -0.05) is 19.9 Å². The van der Waals surface area contributed by atoms with Crippen LogP contribution in [0.25, 0.3) is 10.9 Å². The van der Waals surface area contributed by atoms with E-state index in [1.807, 2.05) is 24.3 Å². The van der Waals surface area contributed by atoms with Crippen molar-refractivity contribution in [3.05, 3.63) is 70.0 Å². The number of carbonyl (C=O) groups is 1. The highest BCUT2D eigenvalue weighted by atomic mass is 16.1. The third kappa shape index (κ3) is 4.48. The predicted molar refractivity (Wildman–Crippen MR) is 122 cm³/mol. The molecule has 6 heteroatoms. The molecule has 1 amide bonds. The second kappa shape index (κ2) is 8.61. The number of nitrogens with one attached hydrogen (secondary N) is 3. The lowest BCUT2D eigenvalue weighted by molar-refractivity contribution is -0.120. The fourth-order valence-corrected chi connectivity index (χ4v) is 3.77. The van der Waals surface area contributed by atoms with Crippen LogP contribution < -0.4 is 21.1 Å². The zero-order chi connectivity index (χ0) is 21.1. The number of benzene rings is 2. The van der Waals surface area contributed by atoms with E-state index in [0.717, 1.165) is 35.4 Å². The predicted octanol–water partition coefficient (Wildman–Crippen LogP) is 3.59. The molecule has 2 heterocycles. The topological polar surface area (TPSA) is 77.2 Å². The van der Waals surface area contributed by atoms with Gasteiger partial charge in [-0.25, -0.2) is 0 Å². The Balaban J connectivity index is 1.46. The minimum atomic E-state index is -0.0642. The molecular formula is C24H28N4O2. The molecule has 1 aliphatic rings. The number of nitrogens with zero attached hydrogens (tertiary/aromatic N) is 1. The first-order valence-corrected chi connectivity index (χ1v) is 10.5. The minimum absolute atomic E-state index is 0.0642. The smallest absolute Gasteiger partial charge is 0.253 e. The molecule has 0 spiro atoms. The van der Waals surface area contributed by atoms with E-state index in [4.69, 9.17) is 0 Å². The van der Waals surface area contributed by atoms with Crippen molar-refractivity contribution >= 4 is 28.2 Å². The summed E-state index contributed by atoms with van der Waals surface area (Å²) >= 11 is 0. The monoisotopic (exact) mass is 404 g/mol. The summed E-state index contributed by atoms with van der Waals surface area (Å²) < 4.78 is 0. The molecule has 0 aliphatic carbocycles. The summed E-state index contributed by atoms with van der Waals surface area (Å²) in [6.07, 6.45) is 0.517. The number of carbonyl (C=O) groups excluding carboxylic acids is 1. The molecule has 156 valence electrons. The normalized spacial score (nSPS) is 14.6. The van der Waals surface area contributed by atoms with Gasteiger partial charge in [0.05, 0.1) is 0 Å². The van der Waals surface area contributed by atoms with Crippen LogP contribution in [0.1, 0.15) is 37.3 Å². The number of H-pyrrole nitrogens is 1. The van der Waals surface area contributed by atoms with Crippen LogP contribution in [-0.4, -0.2) is 30.5 Å². The van der Waals surface area contributed by atoms with Crippen molar-refractivity contribution in [2.24, 2.45) is 0 Å². The maximum Gasteiger partial charge on any atom is 0.253 e.